The first-order chi connectivity index (χ1) is 7.56. The maximum absolute atomic E-state index is 11.8. The van der Waals surface area contributed by atoms with Crippen LogP contribution in [0.15, 0.2) is 22.7 Å². The molecule has 86 valence electrons. The highest BCUT2D eigenvalue weighted by Crippen LogP contribution is 2.27. The molecule has 0 radical (unpaired) electrons. The van der Waals surface area contributed by atoms with Crippen molar-refractivity contribution in [2.45, 2.75) is 25.8 Å². The molecule has 0 spiro atoms. The Hall–Kier alpha value is -1.03. The minimum atomic E-state index is -0.193. The van der Waals surface area contributed by atoms with Gasteiger partial charge in [-0.25, -0.2) is 0 Å². The third kappa shape index (κ3) is 2.38. The lowest BCUT2D eigenvalue weighted by molar-refractivity contribution is 0.0893. The summed E-state index contributed by atoms with van der Waals surface area (Å²) in [5.41, 5.74) is 0.336. The predicted octanol–water partition coefficient (Wildman–Crippen LogP) is 2.68. The fraction of sp³-hybridized carbons (Fsp3) is 0.417. The number of nitrogens with one attached hydrogen (secondary N) is 1. The topological polar surface area (TPSA) is 49.3 Å². The molecule has 2 rings (SSSR count). The van der Waals surface area contributed by atoms with Crippen LogP contribution in [0.3, 0.4) is 0 Å². The average molecular weight is 284 g/mol. The van der Waals surface area contributed by atoms with Crippen LogP contribution in [0.5, 0.6) is 5.75 Å². The summed E-state index contributed by atoms with van der Waals surface area (Å²) in [4.78, 5) is 11.8. The van der Waals surface area contributed by atoms with Crippen molar-refractivity contribution in [2.24, 2.45) is 5.92 Å². The SMILES string of the molecule is CC1CC(NC(=O)c2ccc(Br)cc2O)C1. The molecular weight excluding hydrogens is 270 g/mol. The summed E-state index contributed by atoms with van der Waals surface area (Å²) >= 11 is 3.24. The molecule has 4 heteroatoms. The van der Waals surface area contributed by atoms with E-state index in [2.05, 4.69) is 28.2 Å². The number of hydrogen-bond donors (Lipinski definition) is 2. The first kappa shape index (κ1) is 11.5. The van der Waals surface area contributed by atoms with E-state index < -0.39 is 0 Å². The van der Waals surface area contributed by atoms with Crippen molar-refractivity contribution in [3.63, 3.8) is 0 Å². The van der Waals surface area contributed by atoms with Crippen molar-refractivity contribution < 1.29 is 9.90 Å². The van der Waals surface area contributed by atoms with E-state index in [4.69, 9.17) is 0 Å². The highest BCUT2D eigenvalue weighted by Gasteiger charge is 2.27. The Labute approximate surface area is 103 Å². The van der Waals surface area contributed by atoms with Gasteiger partial charge in [-0.2, -0.15) is 0 Å². The summed E-state index contributed by atoms with van der Waals surface area (Å²) in [6.45, 7) is 2.17. The first-order valence-electron chi connectivity index (χ1n) is 5.35. The molecule has 0 aliphatic heterocycles. The quantitative estimate of drug-likeness (QED) is 0.877. The molecule has 1 fully saturated rings. The maximum Gasteiger partial charge on any atom is 0.255 e. The van der Waals surface area contributed by atoms with Crippen LogP contribution in [0.2, 0.25) is 0 Å². The number of carbonyl (C=O) groups excluding carboxylic acids is 1. The van der Waals surface area contributed by atoms with Crippen molar-refractivity contribution in [1.82, 2.24) is 5.32 Å². The second kappa shape index (κ2) is 4.45. The number of halogens is 1. The van der Waals surface area contributed by atoms with Crippen molar-refractivity contribution in [3.8, 4) is 5.75 Å². The normalized spacial score (nSPS) is 23.6. The highest BCUT2D eigenvalue weighted by molar-refractivity contribution is 9.10. The van der Waals surface area contributed by atoms with E-state index in [0.29, 0.717) is 11.5 Å². The minimum absolute atomic E-state index is 0.0132. The van der Waals surface area contributed by atoms with E-state index >= 15 is 0 Å². The Morgan fingerprint density at radius 3 is 2.75 bits per heavy atom. The second-order valence-electron chi connectivity index (χ2n) is 4.41. The Bertz CT molecular complexity index is 413. The van der Waals surface area contributed by atoms with Gasteiger partial charge >= 0.3 is 0 Å². The molecule has 1 aliphatic rings. The van der Waals surface area contributed by atoms with Gasteiger partial charge in [0.05, 0.1) is 5.56 Å². The van der Waals surface area contributed by atoms with E-state index in [1.54, 1.807) is 12.1 Å². The third-order valence-electron chi connectivity index (χ3n) is 2.91. The highest BCUT2D eigenvalue weighted by atomic mass is 79.9. The van der Waals surface area contributed by atoms with E-state index in [1.165, 1.54) is 6.07 Å². The summed E-state index contributed by atoms with van der Waals surface area (Å²) in [5.74, 6) is 0.518. The number of hydrogen-bond acceptors (Lipinski definition) is 2. The standard InChI is InChI=1S/C12H14BrNO2/c1-7-4-9(5-7)14-12(16)10-3-2-8(13)6-11(10)15/h2-3,6-7,9,15H,4-5H2,1H3,(H,14,16). The van der Waals surface area contributed by atoms with Crippen LogP contribution in [0.1, 0.15) is 30.1 Å². The van der Waals surface area contributed by atoms with Crippen LogP contribution >= 0.6 is 15.9 Å². The van der Waals surface area contributed by atoms with Gasteiger partial charge in [-0.1, -0.05) is 22.9 Å². The summed E-state index contributed by atoms with van der Waals surface area (Å²) in [6, 6.07) is 5.17. The Morgan fingerprint density at radius 1 is 1.50 bits per heavy atom. The number of aromatic hydroxyl groups is 1. The van der Waals surface area contributed by atoms with Crippen LogP contribution < -0.4 is 5.32 Å². The second-order valence-corrected chi connectivity index (χ2v) is 5.32. The van der Waals surface area contributed by atoms with Gasteiger partial charge in [-0.15, -0.1) is 0 Å². The van der Waals surface area contributed by atoms with Gasteiger partial charge in [0.15, 0.2) is 0 Å². The van der Waals surface area contributed by atoms with Crippen LogP contribution in [0.4, 0.5) is 0 Å². The fourth-order valence-corrected chi connectivity index (χ4v) is 2.33. The summed E-state index contributed by atoms with van der Waals surface area (Å²) in [6.07, 6.45) is 2.06. The van der Waals surface area contributed by atoms with Gasteiger partial charge in [-0.05, 0) is 37.0 Å². The Kier molecular flexibility index (Phi) is 3.19. The summed E-state index contributed by atoms with van der Waals surface area (Å²) in [5, 5.41) is 12.5. The predicted molar refractivity (Wildman–Crippen MR) is 65.5 cm³/mol. The number of phenols is 1. The van der Waals surface area contributed by atoms with Gasteiger partial charge in [0.1, 0.15) is 5.75 Å². The largest absolute Gasteiger partial charge is 0.507 e. The zero-order valence-electron chi connectivity index (χ0n) is 9.03. The molecule has 1 aliphatic carbocycles. The lowest BCUT2D eigenvalue weighted by atomic mass is 9.82. The van der Waals surface area contributed by atoms with Gasteiger partial charge in [-0.3, -0.25) is 4.79 Å². The third-order valence-corrected chi connectivity index (χ3v) is 3.41. The molecule has 16 heavy (non-hydrogen) atoms. The molecule has 1 amide bonds. The van der Waals surface area contributed by atoms with Gasteiger partial charge < -0.3 is 10.4 Å². The summed E-state index contributed by atoms with van der Waals surface area (Å²) in [7, 11) is 0. The van der Waals surface area contributed by atoms with Crippen LogP contribution in [-0.4, -0.2) is 17.1 Å². The number of benzene rings is 1. The molecule has 1 saturated carbocycles. The molecule has 0 unspecified atom stereocenters. The Morgan fingerprint density at radius 2 is 2.19 bits per heavy atom. The molecule has 0 aromatic heterocycles. The van der Waals surface area contributed by atoms with Crippen molar-refractivity contribution in [2.75, 3.05) is 0 Å². The lowest BCUT2D eigenvalue weighted by Gasteiger charge is -2.33. The number of phenolic OH excluding ortho intramolecular Hbond substituents is 1. The van der Waals surface area contributed by atoms with Gasteiger partial charge in [0.2, 0.25) is 0 Å². The van der Waals surface area contributed by atoms with E-state index in [1.807, 2.05) is 0 Å². The van der Waals surface area contributed by atoms with E-state index in [9.17, 15) is 9.90 Å². The first-order valence-corrected chi connectivity index (χ1v) is 6.15. The molecule has 0 saturated heterocycles. The van der Waals surface area contributed by atoms with Crippen LogP contribution in [0.25, 0.3) is 0 Å². The zero-order chi connectivity index (χ0) is 11.7. The van der Waals surface area contributed by atoms with Gasteiger partial charge in [0.25, 0.3) is 5.91 Å². The maximum atomic E-state index is 11.8. The fourth-order valence-electron chi connectivity index (χ4n) is 1.98. The van der Waals surface area contributed by atoms with E-state index in [0.717, 1.165) is 17.3 Å². The van der Waals surface area contributed by atoms with Crippen LogP contribution in [0, 0.1) is 5.92 Å². The molecule has 0 heterocycles. The minimum Gasteiger partial charge on any atom is -0.507 e. The molecule has 0 bridgehead atoms. The van der Waals surface area contributed by atoms with Gasteiger partial charge in [0, 0.05) is 10.5 Å². The lowest BCUT2D eigenvalue weighted by Crippen LogP contribution is -2.43. The average Bonchev–Trinajstić information content (AvgIpc) is 2.15. The molecule has 3 nitrogen and oxygen atoms in total. The van der Waals surface area contributed by atoms with Crippen molar-refractivity contribution in [1.29, 1.82) is 0 Å². The monoisotopic (exact) mass is 283 g/mol. The number of carbonyl (C=O) groups is 1. The molecule has 2 N–H and O–H groups in total. The van der Waals surface area contributed by atoms with Crippen LogP contribution in [-0.2, 0) is 0 Å². The number of rotatable bonds is 2. The van der Waals surface area contributed by atoms with Crippen molar-refractivity contribution >= 4 is 21.8 Å². The smallest absolute Gasteiger partial charge is 0.255 e. The molecule has 0 atom stereocenters. The number of amides is 1. The van der Waals surface area contributed by atoms with Crippen molar-refractivity contribution in [3.05, 3.63) is 28.2 Å². The Balaban J connectivity index is 2.03. The van der Waals surface area contributed by atoms with E-state index in [-0.39, 0.29) is 17.7 Å². The molecular formula is C12H14BrNO2. The molecule has 1 aromatic carbocycles. The summed E-state index contributed by atoms with van der Waals surface area (Å²) < 4.78 is 0.763. The zero-order valence-corrected chi connectivity index (χ0v) is 10.6. The molecule has 1 aromatic rings.